The van der Waals surface area contributed by atoms with Crippen LogP contribution in [0.15, 0.2) is 23.6 Å². The number of hydrogen-bond acceptors (Lipinski definition) is 3. The van der Waals surface area contributed by atoms with Gasteiger partial charge in [0.25, 0.3) is 0 Å². The molecular weight excluding hydrogens is 227 g/mol. The Morgan fingerprint density at radius 1 is 1.38 bits per heavy atom. The zero-order valence-corrected chi connectivity index (χ0v) is 10.1. The molecule has 16 heavy (non-hydrogen) atoms. The Bertz CT molecular complexity index is 354. The van der Waals surface area contributed by atoms with E-state index in [1.54, 1.807) is 13.2 Å². The Hall–Kier alpha value is -0.580. The summed E-state index contributed by atoms with van der Waals surface area (Å²) in [6.07, 6.45) is 5.18. The van der Waals surface area contributed by atoms with Gasteiger partial charge < -0.3 is 9.47 Å². The van der Waals surface area contributed by atoms with Gasteiger partial charge in [0.2, 0.25) is 0 Å². The Balaban J connectivity index is 2.30. The van der Waals surface area contributed by atoms with Crippen LogP contribution in [0.5, 0.6) is 0 Å². The first-order valence-corrected chi connectivity index (χ1v) is 5.81. The first-order chi connectivity index (χ1) is 7.66. The van der Waals surface area contributed by atoms with Gasteiger partial charge in [0.15, 0.2) is 0 Å². The summed E-state index contributed by atoms with van der Waals surface area (Å²) in [6, 6.07) is 0. The van der Waals surface area contributed by atoms with Gasteiger partial charge in [0.1, 0.15) is 5.83 Å². The van der Waals surface area contributed by atoms with Gasteiger partial charge in [-0.3, -0.25) is 0 Å². The van der Waals surface area contributed by atoms with Gasteiger partial charge in [0, 0.05) is 44.5 Å². The maximum atomic E-state index is 13.4. The molecule has 0 unspecified atom stereocenters. The van der Waals surface area contributed by atoms with Crippen molar-refractivity contribution in [3.05, 3.63) is 23.6 Å². The Kier molecular flexibility index (Phi) is 3.52. The molecule has 0 spiro atoms. The topological polar surface area (TPSA) is 18.5 Å². The van der Waals surface area contributed by atoms with Crippen LogP contribution < -0.4 is 0 Å². The molecule has 1 aliphatic carbocycles. The molecule has 1 heterocycles. The normalized spacial score (nSPS) is 25.0. The summed E-state index contributed by atoms with van der Waals surface area (Å²) < 4.78 is 24.3. The summed E-state index contributed by atoms with van der Waals surface area (Å²) in [6.45, 7) is 1.29. The lowest BCUT2D eigenvalue weighted by Gasteiger charge is -2.37. The summed E-state index contributed by atoms with van der Waals surface area (Å²) >= 11 is 5.08. The van der Waals surface area contributed by atoms with Crippen molar-refractivity contribution < 1.29 is 13.9 Å². The molecule has 1 aliphatic heterocycles. The minimum Gasteiger partial charge on any atom is -0.381 e. The van der Waals surface area contributed by atoms with Crippen LogP contribution in [-0.4, -0.2) is 30.8 Å². The van der Waals surface area contributed by atoms with Gasteiger partial charge in [-0.05, 0) is 17.7 Å². The van der Waals surface area contributed by atoms with E-state index in [9.17, 15) is 4.39 Å². The highest BCUT2D eigenvalue weighted by Crippen LogP contribution is 2.36. The van der Waals surface area contributed by atoms with Crippen molar-refractivity contribution in [3.8, 4) is 0 Å². The molecule has 4 heteroatoms. The number of methoxy groups -OCH3 is 1. The highest BCUT2D eigenvalue weighted by atomic mass is 32.1. The minimum atomic E-state index is -0.417. The monoisotopic (exact) mass is 242 g/mol. The summed E-state index contributed by atoms with van der Waals surface area (Å²) in [5.74, 6) is -0.176. The molecule has 0 amide bonds. The molecule has 0 radical (unpaired) electrons. The number of hydrogen-bond donors (Lipinski definition) is 0. The van der Waals surface area contributed by atoms with E-state index in [2.05, 4.69) is 0 Å². The van der Waals surface area contributed by atoms with Crippen LogP contribution in [0.3, 0.4) is 0 Å². The molecule has 2 nitrogen and oxygen atoms in total. The largest absolute Gasteiger partial charge is 0.381 e. The number of thiocarbonyl (C=S) groups is 1. The maximum absolute atomic E-state index is 13.4. The average Bonchev–Trinajstić information content (AvgIpc) is 2.28. The fourth-order valence-electron chi connectivity index (χ4n) is 2.23. The van der Waals surface area contributed by atoms with E-state index in [4.69, 9.17) is 21.7 Å². The lowest BCUT2D eigenvalue weighted by molar-refractivity contribution is -0.0638. The number of halogens is 1. The van der Waals surface area contributed by atoms with Crippen molar-refractivity contribution in [1.82, 2.24) is 0 Å². The summed E-state index contributed by atoms with van der Waals surface area (Å²) in [7, 11) is 1.66. The third-order valence-corrected chi connectivity index (χ3v) is 3.45. The van der Waals surface area contributed by atoms with Crippen molar-refractivity contribution in [2.24, 2.45) is 0 Å². The lowest BCUT2D eigenvalue weighted by Crippen LogP contribution is -2.40. The van der Waals surface area contributed by atoms with Crippen LogP contribution in [0.2, 0.25) is 0 Å². The Morgan fingerprint density at radius 2 is 2.06 bits per heavy atom. The van der Waals surface area contributed by atoms with E-state index in [0.29, 0.717) is 18.1 Å². The predicted octanol–water partition coefficient (Wildman–Crippen LogP) is 2.74. The van der Waals surface area contributed by atoms with Gasteiger partial charge in [0.05, 0.1) is 5.60 Å². The summed E-state index contributed by atoms with van der Waals surface area (Å²) in [5, 5.41) is 0. The molecule has 88 valence electrons. The van der Waals surface area contributed by atoms with E-state index in [1.165, 1.54) is 0 Å². The second kappa shape index (κ2) is 4.73. The fourth-order valence-corrected chi connectivity index (χ4v) is 2.49. The standard InChI is InChI=1S/C12H15FO2S/c1-14-12(2-4-15-5-3-12)9-6-10(13)8-11(16)7-9/h6-7H,2-5,8H2,1H3. The SMILES string of the molecule is COC1(C2=CC(=S)CC(F)=C2)CCOCC1. The van der Waals surface area contributed by atoms with Crippen LogP contribution >= 0.6 is 12.2 Å². The molecule has 1 saturated heterocycles. The van der Waals surface area contributed by atoms with Crippen molar-refractivity contribution in [1.29, 1.82) is 0 Å². The smallest absolute Gasteiger partial charge is 0.106 e. The highest BCUT2D eigenvalue weighted by molar-refractivity contribution is 7.80. The molecule has 0 aromatic rings. The molecule has 2 aliphatic rings. The third kappa shape index (κ3) is 2.24. The average molecular weight is 242 g/mol. The quantitative estimate of drug-likeness (QED) is 0.694. The maximum Gasteiger partial charge on any atom is 0.106 e. The second-order valence-corrected chi connectivity index (χ2v) is 4.67. The highest BCUT2D eigenvalue weighted by Gasteiger charge is 2.36. The Labute approximate surface area is 100 Å². The zero-order valence-electron chi connectivity index (χ0n) is 9.29. The van der Waals surface area contributed by atoms with Gasteiger partial charge in [-0.25, -0.2) is 4.39 Å². The molecule has 2 rings (SSSR count). The minimum absolute atomic E-state index is 0.176. The lowest BCUT2D eigenvalue weighted by atomic mass is 9.83. The van der Waals surface area contributed by atoms with Gasteiger partial charge in [-0.15, -0.1) is 0 Å². The van der Waals surface area contributed by atoms with Crippen molar-refractivity contribution >= 4 is 17.1 Å². The molecule has 0 N–H and O–H groups in total. The predicted molar refractivity (Wildman–Crippen MR) is 64.3 cm³/mol. The van der Waals surface area contributed by atoms with E-state index in [-0.39, 0.29) is 12.2 Å². The van der Waals surface area contributed by atoms with Crippen LogP contribution in [-0.2, 0) is 9.47 Å². The molecule has 0 bridgehead atoms. The van der Waals surface area contributed by atoms with E-state index < -0.39 is 5.60 Å². The van der Waals surface area contributed by atoms with Gasteiger partial charge >= 0.3 is 0 Å². The number of rotatable bonds is 2. The fraction of sp³-hybridized carbons (Fsp3) is 0.583. The van der Waals surface area contributed by atoms with Crippen molar-refractivity contribution in [2.75, 3.05) is 20.3 Å². The molecule has 0 saturated carbocycles. The van der Waals surface area contributed by atoms with Gasteiger partial charge in [-0.2, -0.15) is 0 Å². The third-order valence-electron chi connectivity index (χ3n) is 3.19. The van der Waals surface area contributed by atoms with Crippen LogP contribution in [0.25, 0.3) is 0 Å². The zero-order chi connectivity index (χ0) is 11.6. The van der Waals surface area contributed by atoms with E-state index in [1.807, 2.05) is 6.08 Å². The van der Waals surface area contributed by atoms with Crippen molar-refractivity contribution in [3.63, 3.8) is 0 Å². The number of allylic oxidation sites excluding steroid dienone is 2. The van der Waals surface area contributed by atoms with Crippen molar-refractivity contribution in [2.45, 2.75) is 24.9 Å². The summed E-state index contributed by atoms with van der Waals surface area (Å²) in [4.78, 5) is 0.637. The second-order valence-electron chi connectivity index (χ2n) is 4.14. The van der Waals surface area contributed by atoms with Crippen LogP contribution in [0.4, 0.5) is 4.39 Å². The molecule has 0 aromatic heterocycles. The number of ether oxygens (including phenoxy) is 2. The summed E-state index contributed by atoms with van der Waals surface area (Å²) in [5.41, 5.74) is 0.437. The first kappa shape index (κ1) is 11.9. The van der Waals surface area contributed by atoms with Gasteiger partial charge in [-0.1, -0.05) is 12.2 Å². The first-order valence-electron chi connectivity index (χ1n) is 5.40. The molecule has 1 fully saturated rings. The van der Waals surface area contributed by atoms with E-state index in [0.717, 1.165) is 18.4 Å². The van der Waals surface area contributed by atoms with Crippen LogP contribution in [0.1, 0.15) is 19.3 Å². The Morgan fingerprint density at radius 3 is 2.62 bits per heavy atom. The molecular formula is C12H15FO2S. The van der Waals surface area contributed by atoms with Crippen LogP contribution in [0, 0.1) is 0 Å². The van der Waals surface area contributed by atoms with E-state index >= 15 is 0 Å². The molecule has 0 atom stereocenters. The molecule has 0 aromatic carbocycles.